The lowest BCUT2D eigenvalue weighted by atomic mass is 10.2. The second-order valence-electron chi connectivity index (χ2n) is 3.06. The number of nitrogens with zero attached hydrogens (tertiary/aromatic N) is 1. The average molecular weight is 216 g/mol. The highest BCUT2D eigenvalue weighted by Gasteiger charge is 2.26. The Hall–Kier alpha value is -1.30. The first-order valence-corrected chi connectivity index (χ1v) is 5.62. The molecule has 0 fully saturated rings. The molecule has 2 rings (SSSR count). The zero-order valence-electron chi connectivity index (χ0n) is 7.49. The predicted octanol–water partition coefficient (Wildman–Crippen LogP) is 0.975. The molecule has 0 spiro atoms. The molecule has 0 amide bonds. The Morgan fingerprint density at radius 1 is 1.50 bits per heavy atom. The Kier molecular flexibility index (Phi) is 1.88. The molecule has 1 N–H and O–H groups in total. The van der Waals surface area contributed by atoms with Crippen molar-refractivity contribution in [3.05, 3.63) is 24.0 Å². The molecule has 76 valence electrons. The quantitative estimate of drug-likeness (QED) is 0.703. The molecule has 0 aromatic heterocycles. The number of rotatable bonds is 0. The van der Waals surface area contributed by atoms with E-state index >= 15 is 0 Å². The first kappa shape index (κ1) is 9.26. The zero-order chi connectivity index (χ0) is 10.3. The van der Waals surface area contributed by atoms with E-state index in [9.17, 15) is 12.8 Å². The Morgan fingerprint density at radius 2 is 2.21 bits per heavy atom. The summed E-state index contributed by atoms with van der Waals surface area (Å²) in [5, 5.41) is 2.71. The first-order valence-electron chi connectivity index (χ1n) is 4.01. The topological polar surface area (TPSA) is 49.4 Å². The Balaban J connectivity index is 2.59. The molecule has 1 heterocycles. The van der Waals surface area contributed by atoms with Gasteiger partial charge in [0.1, 0.15) is 11.7 Å². The van der Waals surface area contributed by atoms with Crippen LogP contribution in [0.4, 0.5) is 15.8 Å². The molecule has 0 bridgehead atoms. The van der Waals surface area contributed by atoms with E-state index in [-0.39, 0.29) is 5.88 Å². The maximum absolute atomic E-state index is 12.9. The van der Waals surface area contributed by atoms with Crippen molar-refractivity contribution >= 4 is 21.4 Å². The Labute approximate surface area is 81.4 Å². The standard InChI is InChI=1S/C8H9FN2O2S/c1-11-8-4-6(9)2-3-7(8)10-5-14(11,12)13/h2-4,10H,5H2,1H3. The van der Waals surface area contributed by atoms with Gasteiger partial charge in [-0.1, -0.05) is 0 Å². The van der Waals surface area contributed by atoms with Crippen LogP contribution in [0, 0.1) is 5.82 Å². The summed E-state index contributed by atoms with van der Waals surface area (Å²) in [5.74, 6) is -0.600. The molecule has 14 heavy (non-hydrogen) atoms. The van der Waals surface area contributed by atoms with E-state index < -0.39 is 15.8 Å². The van der Waals surface area contributed by atoms with Crippen LogP contribution in [0.25, 0.3) is 0 Å². The third-order valence-electron chi connectivity index (χ3n) is 2.16. The van der Waals surface area contributed by atoms with Gasteiger partial charge in [0.05, 0.1) is 11.4 Å². The number of hydrogen-bond acceptors (Lipinski definition) is 3. The summed E-state index contributed by atoms with van der Waals surface area (Å²) in [6.45, 7) is 0. The van der Waals surface area contributed by atoms with Gasteiger partial charge in [-0.15, -0.1) is 0 Å². The highest BCUT2D eigenvalue weighted by atomic mass is 32.2. The smallest absolute Gasteiger partial charge is 0.253 e. The molecular weight excluding hydrogens is 207 g/mol. The maximum Gasteiger partial charge on any atom is 0.253 e. The molecule has 0 aliphatic carbocycles. The molecule has 0 saturated carbocycles. The van der Waals surface area contributed by atoms with Crippen molar-refractivity contribution in [2.45, 2.75) is 0 Å². The van der Waals surface area contributed by atoms with Crippen LogP contribution in [0.3, 0.4) is 0 Å². The van der Waals surface area contributed by atoms with E-state index in [1.165, 1.54) is 25.2 Å². The lowest BCUT2D eigenvalue weighted by molar-refractivity contribution is 0.594. The van der Waals surface area contributed by atoms with Crippen molar-refractivity contribution in [2.24, 2.45) is 0 Å². The van der Waals surface area contributed by atoms with E-state index in [2.05, 4.69) is 5.32 Å². The number of halogens is 1. The van der Waals surface area contributed by atoms with Gasteiger partial charge in [0, 0.05) is 13.1 Å². The fourth-order valence-corrected chi connectivity index (χ4v) is 2.31. The molecule has 0 atom stereocenters. The van der Waals surface area contributed by atoms with Crippen LogP contribution in [-0.4, -0.2) is 21.3 Å². The molecule has 6 heteroatoms. The monoisotopic (exact) mass is 216 g/mol. The van der Waals surface area contributed by atoms with Crippen LogP contribution in [0.1, 0.15) is 0 Å². The van der Waals surface area contributed by atoms with Crippen molar-refractivity contribution in [3.8, 4) is 0 Å². The number of anilines is 2. The van der Waals surface area contributed by atoms with Crippen LogP contribution in [0.2, 0.25) is 0 Å². The largest absolute Gasteiger partial charge is 0.368 e. The molecule has 4 nitrogen and oxygen atoms in total. The van der Waals surface area contributed by atoms with E-state index in [1.54, 1.807) is 0 Å². The maximum atomic E-state index is 12.9. The first-order chi connectivity index (χ1) is 6.50. The van der Waals surface area contributed by atoms with Crippen LogP contribution >= 0.6 is 0 Å². The molecule has 1 aromatic rings. The Morgan fingerprint density at radius 3 is 2.93 bits per heavy atom. The van der Waals surface area contributed by atoms with Gasteiger partial charge in [-0.05, 0) is 12.1 Å². The van der Waals surface area contributed by atoms with E-state index in [0.29, 0.717) is 11.4 Å². The number of sulfonamides is 1. The molecule has 1 aliphatic rings. The van der Waals surface area contributed by atoms with Gasteiger partial charge in [-0.3, -0.25) is 4.31 Å². The number of benzene rings is 1. The third kappa shape index (κ3) is 1.31. The van der Waals surface area contributed by atoms with Crippen molar-refractivity contribution < 1.29 is 12.8 Å². The van der Waals surface area contributed by atoms with Crippen LogP contribution in [-0.2, 0) is 10.0 Å². The molecule has 1 aliphatic heterocycles. The molecular formula is C8H9FN2O2S. The van der Waals surface area contributed by atoms with Crippen molar-refractivity contribution in [2.75, 3.05) is 22.5 Å². The zero-order valence-corrected chi connectivity index (χ0v) is 8.31. The van der Waals surface area contributed by atoms with Crippen molar-refractivity contribution in [1.82, 2.24) is 0 Å². The van der Waals surface area contributed by atoms with Gasteiger partial charge in [-0.25, -0.2) is 12.8 Å². The Bertz CT molecular complexity index is 472. The van der Waals surface area contributed by atoms with Crippen molar-refractivity contribution in [1.29, 1.82) is 0 Å². The number of hydrogen-bond donors (Lipinski definition) is 1. The van der Waals surface area contributed by atoms with Gasteiger partial charge in [0.15, 0.2) is 0 Å². The van der Waals surface area contributed by atoms with Crippen LogP contribution in [0.5, 0.6) is 0 Å². The van der Waals surface area contributed by atoms with Gasteiger partial charge in [0.2, 0.25) is 0 Å². The van der Waals surface area contributed by atoms with Crippen LogP contribution in [0.15, 0.2) is 18.2 Å². The summed E-state index contributed by atoms with van der Waals surface area (Å²) in [5.41, 5.74) is 0.972. The lowest BCUT2D eigenvalue weighted by Crippen LogP contribution is -2.36. The summed E-state index contributed by atoms with van der Waals surface area (Å²) in [7, 11) is -1.92. The van der Waals surface area contributed by atoms with Gasteiger partial charge in [0.25, 0.3) is 10.0 Å². The normalized spacial score (nSPS) is 18.6. The highest BCUT2D eigenvalue weighted by molar-refractivity contribution is 7.92. The summed E-state index contributed by atoms with van der Waals surface area (Å²) < 4.78 is 36.7. The van der Waals surface area contributed by atoms with Crippen molar-refractivity contribution in [3.63, 3.8) is 0 Å². The molecule has 0 unspecified atom stereocenters. The minimum absolute atomic E-state index is 0.151. The lowest BCUT2D eigenvalue weighted by Gasteiger charge is -2.27. The van der Waals surface area contributed by atoms with E-state index in [0.717, 1.165) is 4.31 Å². The summed E-state index contributed by atoms with van der Waals surface area (Å²) in [6.07, 6.45) is 0. The molecule has 0 saturated heterocycles. The molecule has 0 radical (unpaired) electrons. The second kappa shape index (κ2) is 2.84. The van der Waals surface area contributed by atoms with Gasteiger partial charge < -0.3 is 5.32 Å². The molecule has 1 aromatic carbocycles. The number of fused-ring (bicyclic) bond motifs is 1. The SMILES string of the molecule is CN1c2cc(F)ccc2NCS1(=O)=O. The average Bonchev–Trinajstić information content (AvgIpc) is 2.13. The third-order valence-corrected chi connectivity index (χ3v) is 3.70. The predicted molar refractivity (Wildman–Crippen MR) is 52.2 cm³/mol. The second-order valence-corrected chi connectivity index (χ2v) is 5.06. The highest BCUT2D eigenvalue weighted by Crippen LogP contribution is 2.31. The number of nitrogens with one attached hydrogen (secondary N) is 1. The summed E-state index contributed by atoms with van der Waals surface area (Å²) in [6, 6.07) is 4.01. The van der Waals surface area contributed by atoms with Gasteiger partial charge >= 0.3 is 0 Å². The van der Waals surface area contributed by atoms with Gasteiger partial charge in [-0.2, -0.15) is 0 Å². The van der Waals surface area contributed by atoms with Crippen LogP contribution < -0.4 is 9.62 Å². The van der Waals surface area contributed by atoms with E-state index in [1.807, 2.05) is 0 Å². The van der Waals surface area contributed by atoms with E-state index in [4.69, 9.17) is 0 Å². The minimum atomic E-state index is -3.34. The minimum Gasteiger partial charge on any atom is -0.368 e. The fraction of sp³-hybridized carbons (Fsp3) is 0.250. The summed E-state index contributed by atoms with van der Waals surface area (Å²) in [4.78, 5) is 0. The summed E-state index contributed by atoms with van der Waals surface area (Å²) >= 11 is 0. The fourth-order valence-electron chi connectivity index (χ4n) is 1.33.